The number of fused-ring (bicyclic) bond motifs is 1. The van der Waals surface area contributed by atoms with Crippen LogP contribution >= 0.6 is 0 Å². The van der Waals surface area contributed by atoms with E-state index in [4.69, 9.17) is 4.74 Å². The number of ether oxygens (including phenoxy) is 1. The van der Waals surface area contributed by atoms with Crippen LogP contribution in [0.4, 0.5) is 0 Å². The lowest BCUT2D eigenvalue weighted by Gasteiger charge is -2.15. The fourth-order valence-electron chi connectivity index (χ4n) is 2.51. The monoisotopic (exact) mass is 365 g/mol. The Labute approximate surface area is 155 Å². The number of hydrogen-bond acceptors (Lipinski definition) is 4. The van der Waals surface area contributed by atoms with Gasteiger partial charge in [0.1, 0.15) is 11.4 Å². The maximum atomic E-state index is 12.1. The number of carbonyl (C=O) groups is 3. The van der Waals surface area contributed by atoms with E-state index in [0.29, 0.717) is 11.3 Å². The molecule has 1 unspecified atom stereocenters. The molecule has 1 heterocycles. The number of amides is 2. The van der Waals surface area contributed by atoms with Crippen LogP contribution in [-0.2, 0) is 4.79 Å². The highest BCUT2D eigenvalue weighted by Gasteiger charge is 2.17. The minimum atomic E-state index is -0.817. The molecule has 3 N–H and O–H groups in total. The lowest BCUT2D eigenvalue weighted by Crippen LogP contribution is -2.47. The van der Waals surface area contributed by atoms with Crippen LogP contribution in [0.25, 0.3) is 10.8 Å². The molecular formula is C20H19N3O4. The molecule has 0 aliphatic heterocycles. The van der Waals surface area contributed by atoms with Crippen LogP contribution in [0.5, 0.6) is 5.75 Å². The maximum absolute atomic E-state index is 12.1. The number of aromatic amines is 1. The Morgan fingerprint density at radius 2 is 1.74 bits per heavy atom. The summed E-state index contributed by atoms with van der Waals surface area (Å²) in [5.74, 6) is -0.673. The Bertz CT molecular complexity index is 1010. The Morgan fingerprint density at radius 3 is 2.44 bits per heavy atom. The van der Waals surface area contributed by atoms with Gasteiger partial charge in [-0.2, -0.15) is 0 Å². The van der Waals surface area contributed by atoms with E-state index >= 15 is 0 Å². The van der Waals surface area contributed by atoms with Gasteiger partial charge in [0.15, 0.2) is 11.9 Å². The van der Waals surface area contributed by atoms with Gasteiger partial charge in [-0.05, 0) is 42.8 Å². The molecule has 0 bridgehead atoms. The highest BCUT2D eigenvalue weighted by Crippen LogP contribution is 2.21. The Balaban J connectivity index is 1.56. The van der Waals surface area contributed by atoms with Crippen LogP contribution in [0.15, 0.2) is 54.7 Å². The van der Waals surface area contributed by atoms with Gasteiger partial charge < -0.3 is 9.72 Å². The zero-order chi connectivity index (χ0) is 19.4. The maximum Gasteiger partial charge on any atom is 0.286 e. The zero-order valence-corrected chi connectivity index (χ0v) is 14.9. The minimum Gasteiger partial charge on any atom is -0.481 e. The van der Waals surface area contributed by atoms with Gasteiger partial charge in [0, 0.05) is 11.8 Å². The summed E-state index contributed by atoms with van der Waals surface area (Å²) in [6, 6.07) is 14.8. The summed E-state index contributed by atoms with van der Waals surface area (Å²) >= 11 is 0. The summed E-state index contributed by atoms with van der Waals surface area (Å²) in [5, 5.41) is 2.08. The second kappa shape index (κ2) is 7.74. The van der Waals surface area contributed by atoms with Crippen molar-refractivity contribution in [2.75, 3.05) is 0 Å². The first kappa shape index (κ1) is 18.2. The van der Waals surface area contributed by atoms with Gasteiger partial charge in [0.25, 0.3) is 11.8 Å². The predicted molar refractivity (Wildman–Crippen MR) is 100 cm³/mol. The topological polar surface area (TPSA) is 100 Å². The summed E-state index contributed by atoms with van der Waals surface area (Å²) in [6.45, 7) is 2.98. The van der Waals surface area contributed by atoms with Gasteiger partial charge in [-0.15, -0.1) is 0 Å². The van der Waals surface area contributed by atoms with Gasteiger partial charge in [0.05, 0.1) is 0 Å². The van der Waals surface area contributed by atoms with E-state index < -0.39 is 17.9 Å². The molecule has 0 aliphatic carbocycles. The number of benzene rings is 2. The minimum absolute atomic E-state index is 0.160. The number of carbonyl (C=O) groups excluding carboxylic acids is 3. The average molecular weight is 365 g/mol. The van der Waals surface area contributed by atoms with Crippen LogP contribution in [0.2, 0.25) is 0 Å². The molecule has 3 aromatic rings. The normalized spacial score (nSPS) is 11.6. The Morgan fingerprint density at radius 1 is 1.00 bits per heavy atom. The second-order valence-corrected chi connectivity index (χ2v) is 6.07. The standard InChI is InChI=1S/C20H19N3O4/c1-12(24)16-10-18(21-11-16)20(26)23-22-19(25)13(2)27-17-8-7-14-5-3-4-6-15(14)9-17/h3-11,13,21H,1-2H3,(H,22,25)(H,23,26). The number of ketones is 1. The van der Waals surface area contributed by atoms with E-state index in [-0.39, 0.29) is 11.5 Å². The van der Waals surface area contributed by atoms with Crippen LogP contribution in [0.3, 0.4) is 0 Å². The molecule has 138 valence electrons. The SMILES string of the molecule is CC(=O)c1c[nH]c(C(=O)NNC(=O)C(C)Oc2ccc3ccccc3c2)c1. The quantitative estimate of drug-likeness (QED) is 0.478. The van der Waals surface area contributed by atoms with Crippen molar-refractivity contribution in [1.82, 2.24) is 15.8 Å². The molecule has 0 spiro atoms. The van der Waals surface area contributed by atoms with E-state index in [9.17, 15) is 14.4 Å². The summed E-state index contributed by atoms with van der Waals surface area (Å²) in [5.41, 5.74) is 5.15. The lowest BCUT2D eigenvalue weighted by atomic mass is 10.1. The molecule has 27 heavy (non-hydrogen) atoms. The number of H-pyrrole nitrogens is 1. The molecule has 0 radical (unpaired) electrons. The summed E-state index contributed by atoms with van der Waals surface area (Å²) in [6.07, 6.45) is 0.618. The first-order chi connectivity index (χ1) is 12.9. The molecular weight excluding hydrogens is 346 g/mol. The van der Waals surface area contributed by atoms with Gasteiger partial charge in [-0.1, -0.05) is 30.3 Å². The van der Waals surface area contributed by atoms with E-state index in [0.717, 1.165) is 10.8 Å². The van der Waals surface area contributed by atoms with Gasteiger partial charge >= 0.3 is 0 Å². The molecule has 1 atom stereocenters. The van der Waals surface area contributed by atoms with Crippen molar-refractivity contribution in [2.45, 2.75) is 20.0 Å². The molecule has 7 nitrogen and oxygen atoms in total. The number of hydrazine groups is 1. The van der Waals surface area contributed by atoms with Gasteiger partial charge in [-0.25, -0.2) is 0 Å². The molecule has 2 aromatic carbocycles. The molecule has 7 heteroatoms. The first-order valence-electron chi connectivity index (χ1n) is 8.39. The smallest absolute Gasteiger partial charge is 0.286 e. The van der Waals surface area contributed by atoms with Crippen LogP contribution < -0.4 is 15.6 Å². The number of nitrogens with one attached hydrogen (secondary N) is 3. The zero-order valence-electron chi connectivity index (χ0n) is 14.9. The molecule has 0 saturated carbocycles. The summed E-state index contributed by atoms with van der Waals surface area (Å²) in [7, 11) is 0. The van der Waals surface area contributed by atoms with Crippen molar-refractivity contribution >= 4 is 28.4 Å². The summed E-state index contributed by atoms with van der Waals surface area (Å²) < 4.78 is 5.64. The van der Waals surface area contributed by atoms with E-state index in [1.165, 1.54) is 19.2 Å². The number of hydrogen-bond donors (Lipinski definition) is 3. The van der Waals surface area contributed by atoms with Crippen LogP contribution in [0.1, 0.15) is 34.7 Å². The highest BCUT2D eigenvalue weighted by molar-refractivity contribution is 5.99. The van der Waals surface area contributed by atoms with Gasteiger partial charge in [-0.3, -0.25) is 25.2 Å². The first-order valence-corrected chi connectivity index (χ1v) is 8.39. The fourth-order valence-corrected chi connectivity index (χ4v) is 2.51. The molecule has 0 aliphatic rings. The third-order valence-corrected chi connectivity index (χ3v) is 4.04. The van der Waals surface area contributed by atoms with Gasteiger partial charge in [0.2, 0.25) is 0 Å². The second-order valence-electron chi connectivity index (χ2n) is 6.07. The molecule has 2 amide bonds. The third-order valence-electron chi connectivity index (χ3n) is 4.04. The van der Waals surface area contributed by atoms with Crippen LogP contribution in [0, 0.1) is 0 Å². The van der Waals surface area contributed by atoms with E-state index in [2.05, 4.69) is 15.8 Å². The number of aromatic nitrogens is 1. The van der Waals surface area contributed by atoms with E-state index in [1.807, 2.05) is 36.4 Å². The fraction of sp³-hybridized carbons (Fsp3) is 0.150. The molecule has 3 rings (SSSR count). The number of Topliss-reactive ketones (excluding diaryl/α,β-unsaturated/α-hetero) is 1. The van der Waals surface area contributed by atoms with Crippen molar-refractivity contribution in [3.63, 3.8) is 0 Å². The third kappa shape index (κ3) is 4.33. The van der Waals surface area contributed by atoms with E-state index in [1.54, 1.807) is 13.0 Å². The Kier molecular flexibility index (Phi) is 5.21. The lowest BCUT2D eigenvalue weighted by molar-refractivity contribution is -0.128. The van der Waals surface area contributed by atoms with Crippen molar-refractivity contribution < 1.29 is 19.1 Å². The predicted octanol–water partition coefficient (Wildman–Crippen LogP) is 2.60. The Hall–Kier alpha value is -3.61. The molecule has 0 saturated heterocycles. The largest absolute Gasteiger partial charge is 0.481 e. The molecule has 0 fully saturated rings. The van der Waals surface area contributed by atoms with Crippen molar-refractivity contribution in [3.05, 3.63) is 66.0 Å². The average Bonchev–Trinajstić information content (AvgIpc) is 3.16. The number of rotatable bonds is 5. The van der Waals surface area contributed by atoms with Crippen molar-refractivity contribution in [3.8, 4) is 5.75 Å². The van der Waals surface area contributed by atoms with Crippen LogP contribution in [-0.4, -0.2) is 28.7 Å². The van der Waals surface area contributed by atoms with Crippen molar-refractivity contribution in [2.24, 2.45) is 0 Å². The summed E-state index contributed by atoms with van der Waals surface area (Å²) in [4.78, 5) is 38.1. The van der Waals surface area contributed by atoms with Crippen molar-refractivity contribution in [1.29, 1.82) is 0 Å². The molecule has 1 aromatic heterocycles. The highest BCUT2D eigenvalue weighted by atomic mass is 16.5.